The lowest BCUT2D eigenvalue weighted by molar-refractivity contribution is -0.274. The van der Waals surface area contributed by atoms with E-state index in [0.717, 1.165) is 22.7 Å². The van der Waals surface area contributed by atoms with Gasteiger partial charge >= 0.3 is 18.1 Å². The van der Waals surface area contributed by atoms with Crippen LogP contribution in [0.2, 0.25) is 0 Å². The number of alkyl halides is 3. The van der Waals surface area contributed by atoms with Gasteiger partial charge in [0.05, 0.1) is 11.4 Å². The molecule has 1 N–H and O–H groups in total. The molecule has 2 aromatic heterocycles. The molecule has 0 aliphatic rings. The van der Waals surface area contributed by atoms with Crippen molar-refractivity contribution in [1.82, 2.24) is 28.6 Å². The molecule has 10 nitrogen and oxygen atoms in total. The molecule has 0 unspecified atom stereocenters. The van der Waals surface area contributed by atoms with Gasteiger partial charge in [-0.1, -0.05) is 38.1 Å². The summed E-state index contributed by atoms with van der Waals surface area (Å²) in [5, 5.41) is 7.15. The van der Waals surface area contributed by atoms with E-state index in [-0.39, 0.29) is 28.7 Å². The smallest absolute Gasteiger partial charge is 0.406 e. The average molecular weight is 656 g/mol. The standard InChI is InChI=1S/C31H29F4N7O3S/c1-4-41-30(44)42(26-14-9-22(32)17-25(26)19(2)3)29(46-41)38-28(43)36-16-15-20-5-7-21(8-6-20)27-37-18-40(39-27)23-10-12-24(13-11-23)45-31(33,34)35/h5-14,17-19H,4,15-16H2,1-3H3,(H,36,43)/b38-29+. The molecule has 46 heavy (non-hydrogen) atoms. The Morgan fingerprint density at radius 3 is 2.43 bits per heavy atom. The van der Waals surface area contributed by atoms with Crippen LogP contribution in [0.3, 0.4) is 0 Å². The molecule has 0 bridgehead atoms. The van der Waals surface area contributed by atoms with Crippen molar-refractivity contribution < 1.29 is 27.1 Å². The fourth-order valence-electron chi connectivity index (χ4n) is 4.62. The van der Waals surface area contributed by atoms with Gasteiger partial charge < -0.3 is 10.1 Å². The van der Waals surface area contributed by atoms with Crippen LogP contribution in [0.4, 0.5) is 22.4 Å². The fraction of sp³-hybridized carbons (Fsp3) is 0.258. The van der Waals surface area contributed by atoms with Gasteiger partial charge in [0.2, 0.25) is 4.80 Å². The van der Waals surface area contributed by atoms with Crippen molar-refractivity contribution in [2.45, 2.75) is 46.0 Å². The number of aromatic nitrogens is 5. The molecule has 0 spiro atoms. The highest BCUT2D eigenvalue weighted by Gasteiger charge is 2.31. The number of carbonyl (C=O) groups excluding carboxylic acids is 1. The van der Waals surface area contributed by atoms with E-state index in [1.807, 2.05) is 45.0 Å². The molecule has 0 aliphatic carbocycles. The zero-order valence-corrected chi connectivity index (χ0v) is 25.8. The lowest BCUT2D eigenvalue weighted by Gasteiger charge is -2.12. The molecule has 5 aromatic rings. The number of urea groups is 1. The van der Waals surface area contributed by atoms with Crippen molar-refractivity contribution in [1.29, 1.82) is 0 Å². The third-order valence-corrected chi connectivity index (χ3v) is 7.93. The number of carbonyl (C=O) groups is 1. The van der Waals surface area contributed by atoms with Crippen molar-refractivity contribution in [3.8, 4) is 28.5 Å². The predicted molar refractivity (Wildman–Crippen MR) is 164 cm³/mol. The van der Waals surface area contributed by atoms with Crippen LogP contribution >= 0.6 is 11.5 Å². The minimum Gasteiger partial charge on any atom is -0.406 e. The Hall–Kier alpha value is -5.05. The number of amides is 2. The summed E-state index contributed by atoms with van der Waals surface area (Å²) < 4.78 is 59.4. The predicted octanol–water partition coefficient (Wildman–Crippen LogP) is 5.98. The van der Waals surface area contributed by atoms with Gasteiger partial charge in [-0.25, -0.2) is 32.2 Å². The van der Waals surface area contributed by atoms with Crippen LogP contribution in [0, 0.1) is 5.82 Å². The summed E-state index contributed by atoms with van der Waals surface area (Å²) in [6, 6.07) is 16.2. The zero-order valence-electron chi connectivity index (χ0n) is 25.0. The first kappa shape index (κ1) is 32.3. The molecule has 0 saturated carbocycles. The minimum absolute atomic E-state index is 0.0744. The van der Waals surface area contributed by atoms with Gasteiger partial charge in [-0.2, -0.15) is 4.99 Å². The van der Waals surface area contributed by atoms with Crippen LogP contribution in [-0.4, -0.2) is 42.2 Å². The Bertz CT molecular complexity index is 1960. The van der Waals surface area contributed by atoms with E-state index in [0.29, 0.717) is 35.7 Å². The summed E-state index contributed by atoms with van der Waals surface area (Å²) >= 11 is 1.05. The van der Waals surface area contributed by atoms with Crippen molar-refractivity contribution in [2.24, 2.45) is 4.99 Å². The van der Waals surface area contributed by atoms with E-state index in [9.17, 15) is 27.2 Å². The summed E-state index contributed by atoms with van der Waals surface area (Å²) in [6.45, 7) is 6.27. The van der Waals surface area contributed by atoms with Gasteiger partial charge in [-0.15, -0.1) is 18.3 Å². The van der Waals surface area contributed by atoms with E-state index in [1.165, 1.54) is 62.0 Å². The molecule has 0 fully saturated rings. The van der Waals surface area contributed by atoms with Crippen LogP contribution in [-0.2, 0) is 13.0 Å². The van der Waals surface area contributed by atoms with Gasteiger partial charge in [-0.3, -0.25) is 0 Å². The lowest BCUT2D eigenvalue weighted by Crippen LogP contribution is -2.31. The van der Waals surface area contributed by atoms with Crippen molar-refractivity contribution >= 4 is 17.6 Å². The molecule has 240 valence electrons. The van der Waals surface area contributed by atoms with Gasteiger partial charge in [0.25, 0.3) is 0 Å². The number of nitrogens with one attached hydrogen (secondary N) is 1. The number of halogens is 4. The first-order valence-electron chi connectivity index (χ1n) is 14.2. The number of benzene rings is 3. The van der Waals surface area contributed by atoms with Crippen LogP contribution in [0.15, 0.2) is 82.8 Å². The maximum atomic E-state index is 14.0. The molecule has 2 heterocycles. The normalized spacial score (nSPS) is 12.1. The van der Waals surface area contributed by atoms with E-state index in [4.69, 9.17) is 0 Å². The molecule has 3 aromatic carbocycles. The summed E-state index contributed by atoms with van der Waals surface area (Å²) in [6.07, 6.45) is -2.82. The molecule has 0 atom stereocenters. The molecule has 0 radical (unpaired) electrons. The zero-order chi connectivity index (χ0) is 33.0. The van der Waals surface area contributed by atoms with Crippen LogP contribution < -0.4 is 20.5 Å². The quantitative estimate of drug-likeness (QED) is 0.197. The second kappa shape index (κ2) is 13.5. The summed E-state index contributed by atoms with van der Waals surface area (Å²) in [7, 11) is 0. The summed E-state index contributed by atoms with van der Waals surface area (Å²) in [4.78, 5) is 34.5. The topological polar surface area (TPSA) is 108 Å². The Kier molecular flexibility index (Phi) is 9.51. The fourth-order valence-corrected chi connectivity index (χ4v) is 5.49. The highest BCUT2D eigenvalue weighted by atomic mass is 32.1. The molecule has 2 amide bonds. The Morgan fingerprint density at radius 2 is 1.78 bits per heavy atom. The van der Waals surface area contributed by atoms with E-state index in [2.05, 4.69) is 25.1 Å². The highest BCUT2D eigenvalue weighted by Crippen LogP contribution is 2.25. The lowest BCUT2D eigenvalue weighted by atomic mass is 10.0. The molecular formula is C31H29F4N7O3S. The molecule has 0 saturated heterocycles. The minimum atomic E-state index is -4.77. The third kappa shape index (κ3) is 7.59. The number of nitrogens with zero attached hydrogens (tertiary/aromatic N) is 6. The largest absolute Gasteiger partial charge is 0.573 e. The number of ether oxygens (including phenoxy) is 1. The van der Waals surface area contributed by atoms with Gasteiger partial charge in [0.1, 0.15) is 17.9 Å². The van der Waals surface area contributed by atoms with Crippen molar-refractivity contribution in [2.75, 3.05) is 6.54 Å². The van der Waals surface area contributed by atoms with Gasteiger partial charge in [0, 0.05) is 18.7 Å². The van der Waals surface area contributed by atoms with E-state index in [1.54, 1.807) is 0 Å². The number of hydrogen-bond donors (Lipinski definition) is 1. The van der Waals surface area contributed by atoms with E-state index < -0.39 is 18.2 Å². The third-order valence-electron chi connectivity index (χ3n) is 6.85. The Balaban J connectivity index is 1.23. The van der Waals surface area contributed by atoms with Crippen LogP contribution in [0.5, 0.6) is 5.75 Å². The van der Waals surface area contributed by atoms with Crippen molar-refractivity contribution in [3.05, 3.63) is 105 Å². The monoisotopic (exact) mass is 655 g/mol. The molecule has 5 rings (SSSR count). The molecular weight excluding hydrogens is 626 g/mol. The van der Waals surface area contributed by atoms with Gasteiger partial charge in [-0.05, 0) is 84.4 Å². The maximum Gasteiger partial charge on any atom is 0.573 e. The SMILES string of the molecule is CCn1s/c(=N/C(=O)NCCc2ccc(-c3ncn(-c4ccc(OC(F)(F)F)cc4)n3)cc2)n(-c2ccc(F)cc2C(C)C)c1=O. The van der Waals surface area contributed by atoms with E-state index >= 15 is 0 Å². The summed E-state index contributed by atoms with van der Waals surface area (Å²) in [5.74, 6) is -0.405. The van der Waals surface area contributed by atoms with Gasteiger partial charge in [0.15, 0.2) is 5.82 Å². The number of rotatable bonds is 9. The Labute approximate surface area is 264 Å². The Morgan fingerprint density at radius 1 is 1.07 bits per heavy atom. The second-order valence-electron chi connectivity index (χ2n) is 10.4. The van der Waals surface area contributed by atoms with Crippen molar-refractivity contribution in [3.63, 3.8) is 0 Å². The first-order valence-corrected chi connectivity index (χ1v) is 15.0. The number of aryl methyl sites for hydroxylation is 1. The molecule has 15 heteroatoms. The maximum absolute atomic E-state index is 14.0. The summed E-state index contributed by atoms with van der Waals surface area (Å²) in [5.41, 5.74) is 2.89. The average Bonchev–Trinajstić information content (AvgIpc) is 3.62. The molecule has 0 aliphatic heterocycles. The first-order chi connectivity index (χ1) is 21.9. The van der Waals surface area contributed by atoms with Crippen LogP contribution in [0.25, 0.3) is 22.8 Å². The number of hydrogen-bond acceptors (Lipinski definition) is 6. The highest BCUT2D eigenvalue weighted by molar-refractivity contribution is 7.03. The van der Waals surface area contributed by atoms with Crippen LogP contribution in [0.1, 0.15) is 37.8 Å². The second-order valence-corrected chi connectivity index (χ2v) is 11.4.